The van der Waals surface area contributed by atoms with Crippen molar-refractivity contribution in [3.05, 3.63) is 59.2 Å². The molecule has 2 aliphatic rings. The number of phenolic OH excluding ortho intramolecular Hbond substituents is 1. The Bertz CT molecular complexity index is 668. The van der Waals surface area contributed by atoms with E-state index in [1.165, 1.54) is 30.4 Å². The van der Waals surface area contributed by atoms with E-state index in [-0.39, 0.29) is 11.8 Å². The zero-order valence-electron chi connectivity index (χ0n) is 11.9. The third kappa shape index (κ3) is 2.28. The number of nitrogens with one attached hydrogen (secondary N) is 1. The molecular formula is C18H19NO2. The smallest absolute Gasteiger partial charge is 0.127 e. The van der Waals surface area contributed by atoms with Gasteiger partial charge in [-0.3, -0.25) is 0 Å². The first-order valence-corrected chi connectivity index (χ1v) is 7.61. The summed E-state index contributed by atoms with van der Waals surface area (Å²) < 4.78 is 5.70. The van der Waals surface area contributed by atoms with Gasteiger partial charge in [-0.1, -0.05) is 24.3 Å². The lowest BCUT2D eigenvalue weighted by Crippen LogP contribution is -2.30. The van der Waals surface area contributed by atoms with Gasteiger partial charge < -0.3 is 15.2 Å². The van der Waals surface area contributed by atoms with Crippen LogP contribution in [0.1, 0.15) is 41.6 Å². The van der Waals surface area contributed by atoms with Crippen molar-refractivity contribution in [2.24, 2.45) is 0 Å². The molecule has 4 rings (SSSR count). The zero-order chi connectivity index (χ0) is 14.2. The molecule has 0 bridgehead atoms. The van der Waals surface area contributed by atoms with Crippen LogP contribution in [0.3, 0.4) is 0 Å². The highest BCUT2D eigenvalue weighted by molar-refractivity contribution is 5.44. The molecule has 1 aliphatic carbocycles. The molecule has 0 fully saturated rings. The molecular weight excluding hydrogens is 262 g/mol. The summed E-state index contributed by atoms with van der Waals surface area (Å²) in [5, 5.41) is 13.3. The first kappa shape index (κ1) is 12.7. The highest BCUT2D eigenvalue weighted by Gasteiger charge is 2.28. The van der Waals surface area contributed by atoms with Gasteiger partial charge in [0.1, 0.15) is 18.1 Å². The molecule has 3 nitrogen and oxygen atoms in total. The van der Waals surface area contributed by atoms with E-state index in [1.54, 1.807) is 12.1 Å². The van der Waals surface area contributed by atoms with Crippen molar-refractivity contribution in [1.82, 2.24) is 5.32 Å². The monoisotopic (exact) mass is 281 g/mol. The summed E-state index contributed by atoms with van der Waals surface area (Å²) >= 11 is 0. The van der Waals surface area contributed by atoms with Crippen molar-refractivity contribution in [2.45, 2.75) is 31.3 Å². The highest BCUT2D eigenvalue weighted by Crippen LogP contribution is 2.38. The summed E-state index contributed by atoms with van der Waals surface area (Å²) in [6.45, 7) is 0.636. The van der Waals surface area contributed by atoms with Crippen LogP contribution < -0.4 is 10.1 Å². The van der Waals surface area contributed by atoms with E-state index in [2.05, 4.69) is 29.6 Å². The van der Waals surface area contributed by atoms with Crippen molar-refractivity contribution < 1.29 is 9.84 Å². The SMILES string of the molecule is Oc1ccc2c(c1)OCC2NC1CCCc2ccccc21. The Kier molecular flexibility index (Phi) is 3.08. The van der Waals surface area contributed by atoms with Gasteiger partial charge in [0.05, 0.1) is 6.04 Å². The van der Waals surface area contributed by atoms with Gasteiger partial charge in [0, 0.05) is 17.7 Å². The van der Waals surface area contributed by atoms with E-state index in [1.807, 2.05) is 6.07 Å². The fourth-order valence-electron chi connectivity index (χ4n) is 3.51. The van der Waals surface area contributed by atoms with Gasteiger partial charge in [-0.15, -0.1) is 0 Å². The van der Waals surface area contributed by atoms with Crippen LogP contribution in [-0.4, -0.2) is 11.7 Å². The molecule has 3 heteroatoms. The van der Waals surface area contributed by atoms with Crippen LogP contribution in [0.15, 0.2) is 42.5 Å². The van der Waals surface area contributed by atoms with Gasteiger partial charge in [-0.2, -0.15) is 0 Å². The van der Waals surface area contributed by atoms with E-state index in [0.29, 0.717) is 12.6 Å². The zero-order valence-corrected chi connectivity index (χ0v) is 11.9. The van der Waals surface area contributed by atoms with Gasteiger partial charge in [0.15, 0.2) is 0 Å². The number of phenols is 1. The minimum absolute atomic E-state index is 0.205. The number of hydrogen-bond acceptors (Lipinski definition) is 3. The van der Waals surface area contributed by atoms with Crippen LogP contribution >= 0.6 is 0 Å². The highest BCUT2D eigenvalue weighted by atomic mass is 16.5. The number of rotatable bonds is 2. The number of benzene rings is 2. The number of fused-ring (bicyclic) bond motifs is 2. The van der Waals surface area contributed by atoms with Gasteiger partial charge >= 0.3 is 0 Å². The molecule has 0 amide bonds. The van der Waals surface area contributed by atoms with Crippen molar-refractivity contribution in [1.29, 1.82) is 0 Å². The first-order chi connectivity index (χ1) is 10.3. The predicted octanol–water partition coefficient (Wildman–Crippen LogP) is 3.49. The van der Waals surface area contributed by atoms with Gasteiger partial charge in [-0.05, 0) is 42.5 Å². The minimum atomic E-state index is 0.205. The van der Waals surface area contributed by atoms with Gasteiger partial charge in [0.25, 0.3) is 0 Å². The second kappa shape index (κ2) is 5.08. The van der Waals surface area contributed by atoms with E-state index in [4.69, 9.17) is 4.74 Å². The van der Waals surface area contributed by atoms with Crippen molar-refractivity contribution in [3.8, 4) is 11.5 Å². The molecule has 2 atom stereocenters. The quantitative estimate of drug-likeness (QED) is 0.885. The van der Waals surface area contributed by atoms with Crippen LogP contribution in [0.25, 0.3) is 0 Å². The Morgan fingerprint density at radius 1 is 1.05 bits per heavy atom. The van der Waals surface area contributed by atoms with E-state index < -0.39 is 0 Å². The molecule has 2 unspecified atom stereocenters. The lowest BCUT2D eigenvalue weighted by molar-refractivity contribution is 0.289. The molecule has 0 radical (unpaired) electrons. The summed E-state index contributed by atoms with van der Waals surface area (Å²) in [7, 11) is 0. The fourth-order valence-corrected chi connectivity index (χ4v) is 3.51. The standard InChI is InChI=1S/C18H19NO2/c20-13-8-9-15-17(11-21-18(15)10-13)19-16-7-3-5-12-4-1-2-6-14(12)16/h1-2,4,6,8-10,16-17,19-20H,3,5,7,11H2. The second-order valence-corrected chi connectivity index (χ2v) is 5.90. The van der Waals surface area contributed by atoms with E-state index >= 15 is 0 Å². The predicted molar refractivity (Wildman–Crippen MR) is 81.6 cm³/mol. The second-order valence-electron chi connectivity index (χ2n) is 5.90. The van der Waals surface area contributed by atoms with E-state index in [0.717, 1.165) is 11.3 Å². The molecule has 21 heavy (non-hydrogen) atoms. The maximum Gasteiger partial charge on any atom is 0.127 e. The van der Waals surface area contributed by atoms with Crippen molar-refractivity contribution >= 4 is 0 Å². The summed E-state index contributed by atoms with van der Waals surface area (Å²) in [5.74, 6) is 1.06. The van der Waals surface area contributed by atoms with Crippen LogP contribution in [0.2, 0.25) is 0 Å². The van der Waals surface area contributed by atoms with Crippen molar-refractivity contribution in [2.75, 3.05) is 6.61 Å². The molecule has 2 aromatic carbocycles. The van der Waals surface area contributed by atoms with Gasteiger partial charge in [0.2, 0.25) is 0 Å². The number of ether oxygens (including phenoxy) is 1. The topological polar surface area (TPSA) is 41.5 Å². The molecule has 2 aromatic rings. The average Bonchev–Trinajstić information content (AvgIpc) is 2.90. The summed E-state index contributed by atoms with van der Waals surface area (Å²) in [6.07, 6.45) is 3.58. The molecule has 0 saturated heterocycles. The molecule has 0 aromatic heterocycles. The normalized spacial score (nSPS) is 23.2. The Morgan fingerprint density at radius 3 is 2.90 bits per heavy atom. The lowest BCUT2D eigenvalue weighted by Gasteiger charge is -2.28. The number of hydrogen-bond donors (Lipinski definition) is 2. The molecule has 1 aliphatic heterocycles. The molecule has 108 valence electrons. The summed E-state index contributed by atoms with van der Waals surface area (Å²) in [4.78, 5) is 0. The maximum atomic E-state index is 9.53. The Hall–Kier alpha value is -2.00. The maximum absolute atomic E-state index is 9.53. The third-order valence-corrected chi connectivity index (χ3v) is 4.55. The Balaban J connectivity index is 1.59. The molecule has 1 heterocycles. The first-order valence-electron chi connectivity index (χ1n) is 7.61. The fraction of sp³-hybridized carbons (Fsp3) is 0.333. The van der Waals surface area contributed by atoms with E-state index in [9.17, 15) is 5.11 Å². The average molecular weight is 281 g/mol. The number of aryl methyl sites for hydroxylation is 1. The van der Waals surface area contributed by atoms with Crippen LogP contribution in [-0.2, 0) is 6.42 Å². The summed E-state index contributed by atoms with van der Waals surface area (Å²) in [5.41, 5.74) is 4.04. The number of aromatic hydroxyl groups is 1. The molecule has 2 N–H and O–H groups in total. The summed E-state index contributed by atoms with van der Waals surface area (Å²) in [6, 6.07) is 14.7. The van der Waals surface area contributed by atoms with Crippen LogP contribution in [0, 0.1) is 0 Å². The third-order valence-electron chi connectivity index (χ3n) is 4.55. The van der Waals surface area contributed by atoms with Crippen molar-refractivity contribution in [3.63, 3.8) is 0 Å². The molecule has 0 saturated carbocycles. The van der Waals surface area contributed by atoms with Crippen LogP contribution in [0.4, 0.5) is 0 Å². The van der Waals surface area contributed by atoms with Crippen LogP contribution in [0.5, 0.6) is 11.5 Å². The minimum Gasteiger partial charge on any atom is -0.508 e. The Morgan fingerprint density at radius 2 is 1.95 bits per heavy atom. The largest absolute Gasteiger partial charge is 0.508 e. The molecule has 0 spiro atoms. The Labute approximate surface area is 124 Å². The lowest BCUT2D eigenvalue weighted by atomic mass is 9.87. The van der Waals surface area contributed by atoms with Gasteiger partial charge in [-0.25, -0.2) is 0 Å².